The number of hydrogen-bond donors (Lipinski definition) is 0. The van der Waals surface area contributed by atoms with Crippen molar-refractivity contribution in [2.45, 2.75) is 59.4 Å². The minimum absolute atomic E-state index is 0.464. The van der Waals surface area contributed by atoms with Gasteiger partial charge in [0.15, 0.2) is 0 Å². The Hall–Kier alpha value is -1.56. The predicted octanol–water partition coefficient (Wildman–Crippen LogP) is 3.98. The number of nitrogens with zero attached hydrogens (tertiary/aromatic N) is 3. The molecule has 1 fully saturated rings. The van der Waals surface area contributed by atoms with Crippen LogP contribution in [-0.2, 0) is 0 Å². The van der Waals surface area contributed by atoms with Gasteiger partial charge in [-0.3, -0.25) is 0 Å². The molecule has 0 atom stereocenters. The number of nitriles is 1. The van der Waals surface area contributed by atoms with Crippen molar-refractivity contribution in [3.8, 4) is 6.07 Å². The van der Waals surface area contributed by atoms with Crippen LogP contribution in [-0.4, -0.2) is 18.1 Å². The maximum Gasteiger partial charge on any atom is 0.147 e. The fourth-order valence-corrected chi connectivity index (χ4v) is 3.15. The molecular weight excluding hydrogens is 246 g/mol. The lowest BCUT2D eigenvalue weighted by atomic mass is 9.75. The van der Waals surface area contributed by atoms with Crippen LogP contribution >= 0.6 is 0 Å². The maximum absolute atomic E-state index is 9.40. The van der Waals surface area contributed by atoms with Gasteiger partial charge in [0.05, 0.1) is 5.56 Å². The molecule has 1 aliphatic rings. The van der Waals surface area contributed by atoms with E-state index in [1.54, 1.807) is 0 Å². The number of aryl methyl sites for hydroxylation is 2. The van der Waals surface area contributed by atoms with Crippen LogP contribution in [0.3, 0.4) is 0 Å². The van der Waals surface area contributed by atoms with Crippen molar-refractivity contribution >= 4 is 5.82 Å². The van der Waals surface area contributed by atoms with Crippen molar-refractivity contribution in [1.82, 2.24) is 4.98 Å². The Labute approximate surface area is 122 Å². The molecule has 0 saturated heterocycles. The number of rotatable bonds is 2. The third-order valence-electron chi connectivity index (χ3n) is 4.63. The first-order valence-electron chi connectivity index (χ1n) is 7.45. The van der Waals surface area contributed by atoms with Gasteiger partial charge in [-0.15, -0.1) is 0 Å². The molecule has 3 nitrogen and oxygen atoms in total. The average molecular weight is 271 g/mol. The van der Waals surface area contributed by atoms with E-state index >= 15 is 0 Å². The molecule has 1 aliphatic carbocycles. The Kier molecular flexibility index (Phi) is 4.04. The highest BCUT2D eigenvalue weighted by Gasteiger charge is 2.30. The molecule has 3 heteroatoms. The molecule has 0 aromatic carbocycles. The van der Waals surface area contributed by atoms with E-state index < -0.39 is 0 Å². The second-order valence-corrected chi connectivity index (χ2v) is 6.90. The topological polar surface area (TPSA) is 39.9 Å². The molecule has 0 radical (unpaired) electrons. The van der Waals surface area contributed by atoms with Crippen LogP contribution < -0.4 is 4.90 Å². The first-order valence-corrected chi connectivity index (χ1v) is 7.45. The van der Waals surface area contributed by atoms with E-state index in [-0.39, 0.29) is 0 Å². The number of hydrogen-bond acceptors (Lipinski definition) is 3. The van der Waals surface area contributed by atoms with E-state index in [4.69, 9.17) is 0 Å². The predicted molar refractivity (Wildman–Crippen MR) is 82.9 cm³/mol. The molecule has 1 heterocycles. The minimum Gasteiger partial charge on any atom is -0.356 e. The van der Waals surface area contributed by atoms with Crippen molar-refractivity contribution in [3.63, 3.8) is 0 Å². The molecule has 1 aromatic heterocycles. The molecule has 0 aliphatic heterocycles. The summed E-state index contributed by atoms with van der Waals surface area (Å²) < 4.78 is 0. The van der Waals surface area contributed by atoms with Crippen LogP contribution in [0.25, 0.3) is 0 Å². The smallest absolute Gasteiger partial charge is 0.147 e. The lowest BCUT2D eigenvalue weighted by molar-refractivity contribution is 0.222. The summed E-state index contributed by atoms with van der Waals surface area (Å²) in [6.45, 7) is 8.68. The van der Waals surface area contributed by atoms with Gasteiger partial charge in [0, 0.05) is 18.8 Å². The lowest BCUT2D eigenvalue weighted by Gasteiger charge is -2.39. The number of aromatic nitrogens is 1. The first kappa shape index (κ1) is 14.8. The summed E-state index contributed by atoms with van der Waals surface area (Å²) in [7, 11) is 2.09. The van der Waals surface area contributed by atoms with E-state index in [2.05, 4.69) is 36.8 Å². The van der Waals surface area contributed by atoms with Crippen LogP contribution in [0.2, 0.25) is 0 Å². The van der Waals surface area contributed by atoms with Crippen molar-refractivity contribution in [2.24, 2.45) is 5.41 Å². The molecule has 1 aromatic rings. The quantitative estimate of drug-likeness (QED) is 0.817. The molecule has 1 saturated carbocycles. The summed E-state index contributed by atoms with van der Waals surface area (Å²) in [5.41, 5.74) is 3.20. The third kappa shape index (κ3) is 2.95. The number of pyridine rings is 1. The van der Waals surface area contributed by atoms with E-state index in [9.17, 15) is 5.26 Å². The van der Waals surface area contributed by atoms with Crippen molar-refractivity contribution in [1.29, 1.82) is 5.26 Å². The van der Waals surface area contributed by atoms with Gasteiger partial charge in [-0.25, -0.2) is 4.98 Å². The van der Waals surface area contributed by atoms with E-state index in [1.165, 1.54) is 25.7 Å². The zero-order valence-electron chi connectivity index (χ0n) is 13.3. The van der Waals surface area contributed by atoms with Crippen molar-refractivity contribution < 1.29 is 0 Å². The van der Waals surface area contributed by atoms with Crippen LogP contribution in [0.4, 0.5) is 5.82 Å². The Morgan fingerprint density at radius 2 is 1.90 bits per heavy atom. The normalized spacial score (nSPS) is 18.6. The Bertz CT molecular complexity index is 530. The number of anilines is 1. The summed E-state index contributed by atoms with van der Waals surface area (Å²) in [6, 6.07) is 4.81. The van der Waals surface area contributed by atoms with Gasteiger partial charge in [0.2, 0.25) is 0 Å². The van der Waals surface area contributed by atoms with Crippen molar-refractivity contribution in [2.75, 3.05) is 11.9 Å². The highest BCUT2D eigenvalue weighted by atomic mass is 15.2. The Morgan fingerprint density at radius 1 is 1.30 bits per heavy atom. The summed E-state index contributed by atoms with van der Waals surface area (Å²) in [6.07, 6.45) is 4.86. The molecule has 0 unspecified atom stereocenters. The van der Waals surface area contributed by atoms with Crippen LogP contribution in [0, 0.1) is 30.6 Å². The van der Waals surface area contributed by atoms with Gasteiger partial charge in [0.1, 0.15) is 11.9 Å². The highest BCUT2D eigenvalue weighted by molar-refractivity contribution is 5.58. The zero-order valence-corrected chi connectivity index (χ0v) is 13.3. The lowest BCUT2D eigenvalue weighted by Crippen LogP contribution is -2.38. The summed E-state index contributed by atoms with van der Waals surface area (Å²) in [5, 5.41) is 9.40. The van der Waals surface area contributed by atoms with Crippen LogP contribution in [0.15, 0.2) is 6.07 Å². The molecule has 108 valence electrons. The summed E-state index contributed by atoms with van der Waals surface area (Å²) >= 11 is 0. The van der Waals surface area contributed by atoms with Gasteiger partial charge in [0.25, 0.3) is 0 Å². The average Bonchev–Trinajstić information content (AvgIpc) is 2.37. The van der Waals surface area contributed by atoms with Gasteiger partial charge < -0.3 is 4.90 Å². The Morgan fingerprint density at radius 3 is 2.45 bits per heavy atom. The second kappa shape index (κ2) is 5.44. The monoisotopic (exact) mass is 271 g/mol. The fraction of sp³-hybridized carbons (Fsp3) is 0.647. The van der Waals surface area contributed by atoms with Gasteiger partial charge in [-0.1, -0.05) is 13.8 Å². The third-order valence-corrected chi connectivity index (χ3v) is 4.63. The second-order valence-electron chi connectivity index (χ2n) is 6.90. The van der Waals surface area contributed by atoms with Gasteiger partial charge >= 0.3 is 0 Å². The van der Waals surface area contributed by atoms with Gasteiger partial charge in [-0.2, -0.15) is 5.26 Å². The molecule has 0 bridgehead atoms. The zero-order chi connectivity index (χ0) is 14.9. The Balaban J connectivity index is 2.26. The molecular formula is C17H25N3. The fourth-order valence-electron chi connectivity index (χ4n) is 3.15. The van der Waals surface area contributed by atoms with E-state index in [0.717, 1.165) is 22.6 Å². The van der Waals surface area contributed by atoms with E-state index in [0.29, 0.717) is 11.5 Å². The first-order chi connectivity index (χ1) is 9.34. The van der Waals surface area contributed by atoms with E-state index in [1.807, 2.05) is 19.9 Å². The molecule has 2 rings (SSSR count). The van der Waals surface area contributed by atoms with Crippen LogP contribution in [0.5, 0.6) is 0 Å². The maximum atomic E-state index is 9.40. The summed E-state index contributed by atoms with van der Waals surface area (Å²) in [4.78, 5) is 6.85. The van der Waals surface area contributed by atoms with Crippen LogP contribution in [0.1, 0.15) is 56.4 Å². The minimum atomic E-state index is 0.464. The largest absolute Gasteiger partial charge is 0.356 e. The molecule has 20 heavy (non-hydrogen) atoms. The summed E-state index contributed by atoms with van der Waals surface area (Å²) in [5.74, 6) is 0.856. The van der Waals surface area contributed by atoms with Gasteiger partial charge in [-0.05, 0) is 56.6 Å². The molecule has 0 N–H and O–H groups in total. The SMILES string of the molecule is Cc1cc(C)c(C#N)c(N(C)C2CCC(C)(C)CC2)n1. The highest BCUT2D eigenvalue weighted by Crippen LogP contribution is 2.38. The van der Waals surface area contributed by atoms with Crippen molar-refractivity contribution in [3.05, 3.63) is 22.9 Å². The molecule has 0 spiro atoms. The molecule has 0 amide bonds. The standard InChI is InChI=1S/C17H25N3/c1-12-10-13(2)19-16(15(12)11-18)20(5)14-6-8-17(3,4)9-7-14/h10,14H,6-9H2,1-5H3.